The summed E-state index contributed by atoms with van der Waals surface area (Å²) in [5.74, 6) is 0.154. The fourth-order valence-electron chi connectivity index (χ4n) is 4.53. The van der Waals surface area contributed by atoms with Gasteiger partial charge in [0, 0.05) is 12.8 Å². The molecule has 0 bridgehead atoms. The van der Waals surface area contributed by atoms with Crippen molar-refractivity contribution < 1.29 is 23.3 Å². The monoisotopic (exact) mass is 533 g/mol. The number of carbonyl (C=O) groups is 1. The van der Waals surface area contributed by atoms with Crippen LogP contribution in [0.5, 0.6) is 0 Å². The average molecular weight is 534 g/mol. The SMILES string of the molecule is CCCCCCCCCCCCCCCCCCC(COP(=O)(O)OCCCCCN)CC(=O)CC. The molecule has 0 aliphatic rings. The van der Waals surface area contributed by atoms with E-state index in [-0.39, 0.29) is 24.9 Å². The molecule has 0 saturated carbocycles. The van der Waals surface area contributed by atoms with Gasteiger partial charge in [0.05, 0.1) is 13.2 Å². The summed E-state index contributed by atoms with van der Waals surface area (Å²) in [4.78, 5) is 21.9. The predicted octanol–water partition coefficient (Wildman–Crippen LogP) is 8.89. The molecule has 7 heteroatoms. The summed E-state index contributed by atoms with van der Waals surface area (Å²) in [6.45, 7) is 5.02. The van der Waals surface area contributed by atoms with Crippen LogP contribution < -0.4 is 5.73 Å². The lowest BCUT2D eigenvalue weighted by molar-refractivity contribution is -0.120. The average Bonchev–Trinajstić information content (AvgIpc) is 2.86. The van der Waals surface area contributed by atoms with Crippen molar-refractivity contribution in [1.82, 2.24) is 0 Å². The lowest BCUT2D eigenvalue weighted by Crippen LogP contribution is -2.14. The standard InChI is InChI=1S/C29H60NO5P/c1-3-5-6-7-8-9-10-11-12-13-14-15-16-17-18-20-23-28(26-29(31)4-2)27-35-36(32,33)34-25-22-19-21-24-30/h28H,3-27,30H2,1-2H3,(H,32,33). The molecule has 0 saturated heterocycles. The summed E-state index contributed by atoms with van der Waals surface area (Å²) in [6, 6.07) is 0. The Morgan fingerprint density at radius 1 is 0.722 bits per heavy atom. The highest BCUT2D eigenvalue weighted by Gasteiger charge is 2.24. The molecule has 2 unspecified atom stereocenters. The summed E-state index contributed by atoms with van der Waals surface area (Å²) in [6.07, 6.45) is 25.4. The molecule has 36 heavy (non-hydrogen) atoms. The van der Waals surface area contributed by atoms with E-state index in [9.17, 15) is 14.3 Å². The van der Waals surface area contributed by atoms with Gasteiger partial charge >= 0.3 is 7.82 Å². The third kappa shape index (κ3) is 25.4. The second kappa shape index (κ2) is 26.4. The summed E-state index contributed by atoms with van der Waals surface area (Å²) in [7, 11) is -4.07. The zero-order valence-electron chi connectivity index (χ0n) is 23.9. The van der Waals surface area contributed by atoms with Crippen LogP contribution in [0.15, 0.2) is 0 Å². The second-order valence-electron chi connectivity index (χ2n) is 10.5. The van der Waals surface area contributed by atoms with Crippen LogP contribution in [-0.4, -0.2) is 30.4 Å². The van der Waals surface area contributed by atoms with Gasteiger partial charge in [-0.1, -0.05) is 117 Å². The van der Waals surface area contributed by atoms with Crippen molar-refractivity contribution in [3.05, 3.63) is 0 Å². The highest BCUT2D eigenvalue weighted by Crippen LogP contribution is 2.44. The maximum absolute atomic E-state index is 12.1. The van der Waals surface area contributed by atoms with E-state index < -0.39 is 7.82 Å². The van der Waals surface area contributed by atoms with Gasteiger partial charge in [0.25, 0.3) is 0 Å². The van der Waals surface area contributed by atoms with Crippen LogP contribution in [0.25, 0.3) is 0 Å². The molecule has 0 aromatic rings. The normalized spacial score (nSPS) is 14.1. The smallest absolute Gasteiger partial charge is 0.330 e. The number of carbonyl (C=O) groups excluding carboxylic acids is 1. The van der Waals surface area contributed by atoms with Crippen molar-refractivity contribution in [2.24, 2.45) is 11.7 Å². The van der Waals surface area contributed by atoms with E-state index in [1.54, 1.807) is 0 Å². The number of hydrogen-bond acceptors (Lipinski definition) is 5. The van der Waals surface area contributed by atoms with Gasteiger partial charge < -0.3 is 10.6 Å². The molecular formula is C29H60NO5P. The minimum atomic E-state index is -4.07. The molecule has 0 radical (unpaired) electrons. The van der Waals surface area contributed by atoms with Gasteiger partial charge in [-0.25, -0.2) is 4.57 Å². The molecule has 3 N–H and O–H groups in total. The molecule has 0 heterocycles. The summed E-state index contributed by atoms with van der Waals surface area (Å²) in [5, 5.41) is 0. The second-order valence-corrected chi connectivity index (χ2v) is 12.0. The quantitative estimate of drug-likeness (QED) is 0.0735. The van der Waals surface area contributed by atoms with E-state index in [4.69, 9.17) is 14.8 Å². The molecule has 0 fully saturated rings. The first-order chi connectivity index (χ1) is 17.4. The molecule has 0 rings (SSSR count). The predicted molar refractivity (Wildman–Crippen MR) is 152 cm³/mol. The van der Waals surface area contributed by atoms with Gasteiger partial charge in [0.1, 0.15) is 5.78 Å². The minimum Gasteiger partial charge on any atom is -0.330 e. The zero-order chi connectivity index (χ0) is 26.7. The summed E-state index contributed by atoms with van der Waals surface area (Å²) < 4.78 is 22.4. The number of phosphoric acid groups is 1. The van der Waals surface area contributed by atoms with Crippen molar-refractivity contribution in [2.45, 2.75) is 155 Å². The Bertz CT molecular complexity index is 532. The summed E-state index contributed by atoms with van der Waals surface area (Å²) >= 11 is 0. The summed E-state index contributed by atoms with van der Waals surface area (Å²) in [5.41, 5.74) is 5.45. The molecule has 0 aliphatic carbocycles. The largest absolute Gasteiger partial charge is 0.472 e. The van der Waals surface area contributed by atoms with Crippen LogP contribution >= 0.6 is 7.82 Å². The van der Waals surface area contributed by atoms with E-state index in [2.05, 4.69) is 6.92 Å². The van der Waals surface area contributed by atoms with Crippen LogP contribution in [0, 0.1) is 5.92 Å². The van der Waals surface area contributed by atoms with Crippen LogP contribution in [0.1, 0.15) is 155 Å². The Labute approximate surface area is 223 Å². The van der Waals surface area contributed by atoms with Crippen LogP contribution in [-0.2, 0) is 18.4 Å². The third-order valence-electron chi connectivity index (χ3n) is 6.95. The molecule has 0 spiro atoms. The maximum atomic E-state index is 12.1. The molecule has 6 nitrogen and oxygen atoms in total. The Kier molecular flexibility index (Phi) is 26.2. The molecule has 0 amide bonds. The number of ketones is 1. The van der Waals surface area contributed by atoms with Crippen molar-refractivity contribution in [3.8, 4) is 0 Å². The molecular weight excluding hydrogens is 473 g/mol. The number of nitrogens with two attached hydrogens (primary N) is 1. The highest BCUT2D eigenvalue weighted by atomic mass is 31.2. The maximum Gasteiger partial charge on any atom is 0.472 e. The number of unbranched alkanes of at least 4 members (excludes halogenated alkanes) is 17. The first-order valence-corrected chi connectivity index (χ1v) is 16.8. The number of rotatable bonds is 29. The minimum absolute atomic E-state index is 0.0228. The fourth-order valence-corrected chi connectivity index (χ4v) is 5.37. The van der Waals surface area contributed by atoms with Gasteiger partial charge in [0.15, 0.2) is 0 Å². The van der Waals surface area contributed by atoms with Gasteiger partial charge in [0.2, 0.25) is 0 Å². The lowest BCUT2D eigenvalue weighted by atomic mass is 9.95. The number of phosphoric ester groups is 1. The Morgan fingerprint density at radius 2 is 1.19 bits per heavy atom. The van der Waals surface area contributed by atoms with Crippen LogP contribution in [0.2, 0.25) is 0 Å². The molecule has 0 aromatic carbocycles. The molecule has 0 aromatic heterocycles. The van der Waals surface area contributed by atoms with Gasteiger partial charge in [-0.15, -0.1) is 0 Å². The van der Waals surface area contributed by atoms with Crippen LogP contribution in [0.3, 0.4) is 0 Å². The van der Waals surface area contributed by atoms with E-state index in [1.807, 2.05) is 6.92 Å². The number of hydrogen-bond donors (Lipinski definition) is 2. The Morgan fingerprint density at radius 3 is 1.67 bits per heavy atom. The van der Waals surface area contributed by atoms with E-state index >= 15 is 0 Å². The van der Waals surface area contributed by atoms with Crippen molar-refractivity contribution in [2.75, 3.05) is 19.8 Å². The third-order valence-corrected chi connectivity index (χ3v) is 7.94. The Hall–Kier alpha value is -0.260. The van der Waals surface area contributed by atoms with Crippen molar-refractivity contribution in [3.63, 3.8) is 0 Å². The van der Waals surface area contributed by atoms with Gasteiger partial charge in [-0.05, 0) is 38.1 Å². The fraction of sp³-hybridized carbons (Fsp3) is 0.966. The molecule has 216 valence electrons. The van der Waals surface area contributed by atoms with Crippen LogP contribution in [0.4, 0.5) is 0 Å². The first kappa shape index (κ1) is 35.7. The molecule has 2 atom stereocenters. The van der Waals surface area contributed by atoms with Crippen molar-refractivity contribution >= 4 is 13.6 Å². The first-order valence-electron chi connectivity index (χ1n) is 15.3. The van der Waals surface area contributed by atoms with E-state index in [0.717, 1.165) is 32.1 Å². The molecule has 0 aliphatic heterocycles. The number of Topliss-reactive ketones (excluding diaryl/α,β-unsaturated/α-hetero) is 1. The highest BCUT2D eigenvalue weighted by molar-refractivity contribution is 7.47. The topological polar surface area (TPSA) is 98.8 Å². The van der Waals surface area contributed by atoms with E-state index in [1.165, 1.54) is 89.9 Å². The zero-order valence-corrected chi connectivity index (χ0v) is 24.8. The van der Waals surface area contributed by atoms with Crippen molar-refractivity contribution in [1.29, 1.82) is 0 Å². The Balaban J connectivity index is 3.82. The van der Waals surface area contributed by atoms with E-state index in [0.29, 0.717) is 25.8 Å². The van der Waals surface area contributed by atoms with Gasteiger partial charge in [-0.3, -0.25) is 13.8 Å². The van der Waals surface area contributed by atoms with Gasteiger partial charge in [-0.2, -0.15) is 0 Å². The lowest BCUT2D eigenvalue weighted by Gasteiger charge is -2.18.